The van der Waals surface area contributed by atoms with E-state index in [2.05, 4.69) is 35.3 Å². The molecule has 2 nitrogen and oxygen atoms in total. The Bertz CT molecular complexity index is 193. The number of allylic oxidation sites excluding steroid dienone is 2. The van der Waals surface area contributed by atoms with Gasteiger partial charge in [-0.2, -0.15) is 0 Å². The zero-order valence-corrected chi connectivity index (χ0v) is 6.25. The Morgan fingerprint density at radius 1 is 1.40 bits per heavy atom. The van der Waals surface area contributed by atoms with Crippen LogP contribution in [0, 0.1) is 0 Å². The lowest BCUT2D eigenvalue weighted by molar-refractivity contribution is 0.328. The predicted molar refractivity (Wildman–Crippen MR) is 40.9 cm³/mol. The summed E-state index contributed by atoms with van der Waals surface area (Å²) >= 11 is 0. The van der Waals surface area contributed by atoms with E-state index in [0.29, 0.717) is 0 Å². The van der Waals surface area contributed by atoms with E-state index in [-0.39, 0.29) is 0 Å². The second kappa shape index (κ2) is 2.04. The first-order chi connectivity index (χ1) is 4.86. The smallest absolute Gasteiger partial charge is 0.0935 e. The molecule has 0 N–H and O–H groups in total. The summed E-state index contributed by atoms with van der Waals surface area (Å²) in [6.07, 6.45) is 9.08. The molecule has 1 aliphatic carbocycles. The zero-order valence-electron chi connectivity index (χ0n) is 6.25. The van der Waals surface area contributed by atoms with Crippen LogP contribution in [0.1, 0.15) is 12.8 Å². The molecule has 0 saturated carbocycles. The van der Waals surface area contributed by atoms with Gasteiger partial charge in [0.1, 0.15) is 0 Å². The molecule has 0 unspecified atom stereocenters. The summed E-state index contributed by atoms with van der Waals surface area (Å²) in [5.74, 6) is 0. The van der Waals surface area contributed by atoms with Crippen LogP contribution in [0.4, 0.5) is 0 Å². The summed E-state index contributed by atoms with van der Waals surface area (Å²) in [5.41, 5.74) is 1.49. The zero-order chi connectivity index (χ0) is 6.97. The first-order valence-corrected chi connectivity index (χ1v) is 3.70. The molecule has 2 rings (SSSR count). The Kier molecular flexibility index (Phi) is 1.19. The summed E-state index contributed by atoms with van der Waals surface area (Å²) in [4.78, 5) is 4.47. The lowest BCUT2D eigenvalue weighted by atomic mass is 10.1. The highest BCUT2D eigenvalue weighted by molar-refractivity contribution is 5.15. The molecular weight excluding hydrogens is 124 g/mol. The molecule has 0 spiro atoms. The summed E-state index contributed by atoms with van der Waals surface area (Å²) in [6.45, 7) is 1.03. The average Bonchev–Trinajstić information content (AvgIpc) is 2.10. The molecule has 0 atom stereocenters. The SMILES string of the molecule is CN1C=CN(C2=CCC2)C1. The van der Waals surface area contributed by atoms with E-state index in [4.69, 9.17) is 0 Å². The normalized spacial score (nSPS) is 23.1. The van der Waals surface area contributed by atoms with Crippen LogP contribution in [-0.2, 0) is 0 Å². The first kappa shape index (κ1) is 5.83. The van der Waals surface area contributed by atoms with Crippen molar-refractivity contribution in [2.45, 2.75) is 12.8 Å². The molecule has 0 bridgehead atoms. The van der Waals surface area contributed by atoms with Crippen LogP contribution in [0.2, 0.25) is 0 Å². The molecule has 0 aromatic heterocycles. The largest absolute Gasteiger partial charge is 0.361 e. The highest BCUT2D eigenvalue weighted by Crippen LogP contribution is 2.24. The van der Waals surface area contributed by atoms with E-state index in [9.17, 15) is 0 Å². The van der Waals surface area contributed by atoms with E-state index in [1.807, 2.05) is 0 Å². The van der Waals surface area contributed by atoms with Gasteiger partial charge in [-0.25, -0.2) is 0 Å². The van der Waals surface area contributed by atoms with E-state index >= 15 is 0 Å². The third-order valence-electron chi connectivity index (χ3n) is 2.03. The molecule has 54 valence electrons. The maximum atomic E-state index is 2.30. The number of nitrogens with zero attached hydrogens (tertiary/aromatic N) is 2. The molecule has 0 amide bonds. The van der Waals surface area contributed by atoms with Gasteiger partial charge >= 0.3 is 0 Å². The van der Waals surface area contributed by atoms with E-state index in [0.717, 1.165) is 6.67 Å². The summed E-state index contributed by atoms with van der Waals surface area (Å²) in [5, 5.41) is 0. The minimum Gasteiger partial charge on any atom is -0.361 e. The van der Waals surface area contributed by atoms with E-state index in [1.54, 1.807) is 0 Å². The van der Waals surface area contributed by atoms with Gasteiger partial charge in [0.15, 0.2) is 0 Å². The predicted octanol–water partition coefficient (Wildman–Crippen LogP) is 1.34. The number of hydrogen-bond acceptors (Lipinski definition) is 2. The molecule has 0 aromatic rings. The lowest BCUT2D eigenvalue weighted by Gasteiger charge is -2.25. The molecule has 0 saturated heterocycles. The lowest BCUT2D eigenvalue weighted by Crippen LogP contribution is -2.23. The van der Waals surface area contributed by atoms with Gasteiger partial charge in [0.2, 0.25) is 0 Å². The highest BCUT2D eigenvalue weighted by atomic mass is 15.3. The Balaban J connectivity index is 2.02. The number of rotatable bonds is 1. The maximum Gasteiger partial charge on any atom is 0.0935 e. The third-order valence-corrected chi connectivity index (χ3v) is 2.03. The van der Waals surface area contributed by atoms with Crippen molar-refractivity contribution in [2.24, 2.45) is 0 Å². The Morgan fingerprint density at radius 3 is 2.60 bits per heavy atom. The van der Waals surface area contributed by atoms with Crippen LogP contribution in [0.3, 0.4) is 0 Å². The Hall–Kier alpha value is -0.920. The van der Waals surface area contributed by atoms with Gasteiger partial charge in [-0.3, -0.25) is 0 Å². The van der Waals surface area contributed by atoms with Crippen molar-refractivity contribution in [2.75, 3.05) is 13.7 Å². The molecule has 10 heavy (non-hydrogen) atoms. The molecule has 0 aromatic carbocycles. The fourth-order valence-electron chi connectivity index (χ4n) is 1.25. The fourth-order valence-corrected chi connectivity index (χ4v) is 1.25. The average molecular weight is 136 g/mol. The fraction of sp³-hybridized carbons (Fsp3) is 0.500. The van der Waals surface area contributed by atoms with Crippen LogP contribution in [0.5, 0.6) is 0 Å². The second-order valence-corrected chi connectivity index (χ2v) is 2.90. The molecule has 2 aliphatic rings. The standard InChI is InChI=1S/C8H12N2/c1-9-5-6-10(7-9)8-3-2-4-8/h3,5-6H,2,4,7H2,1H3. The molecule has 1 heterocycles. The molecule has 0 radical (unpaired) electrons. The Labute approximate surface area is 61.4 Å². The Morgan fingerprint density at radius 2 is 2.20 bits per heavy atom. The van der Waals surface area contributed by atoms with Gasteiger partial charge in [-0.15, -0.1) is 0 Å². The minimum atomic E-state index is 1.03. The highest BCUT2D eigenvalue weighted by Gasteiger charge is 2.16. The summed E-state index contributed by atoms with van der Waals surface area (Å²) < 4.78 is 0. The van der Waals surface area contributed by atoms with Gasteiger partial charge < -0.3 is 9.80 Å². The van der Waals surface area contributed by atoms with Gasteiger partial charge in [-0.1, -0.05) is 6.08 Å². The summed E-state index contributed by atoms with van der Waals surface area (Å²) in [7, 11) is 2.09. The topological polar surface area (TPSA) is 6.48 Å². The van der Waals surface area contributed by atoms with E-state index < -0.39 is 0 Å². The van der Waals surface area contributed by atoms with Gasteiger partial charge in [0.25, 0.3) is 0 Å². The maximum absolute atomic E-state index is 2.30. The van der Waals surface area contributed by atoms with Crippen LogP contribution in [-0.4, -0.2) is 23.5 Å². The molecule has 0 fully saturated rings. The monoisotopic (exact) mass is 136 g/mol. The quantitative estimate of drug-likeness (QED) is 0.536. The van der Waals surface area contributed by atoms with Crippen molar-refractivity contribution >= 4 is 0 Å². The first-order valence-electron chi connectivity index (χ1n) is 3.70. The van der Waals surface area contributed by atoms with Crippen molar-refractivity contribution < 1.29 is 0 Å². The van der Waals surface area contributed by atoms with Crippen LogP contribution < -0.4 is 0 Å². The molecule has 2 heteroatoms. The second-order valence-electron chi connectivity index (χ2n) is 2.90. The molecular formula is C8H12N2. The molecule has 1 aliphatic heterocycles. The van der Waals surface area contributed by atoms with Gasteiger partial charge in [-0.05, 0) is 12.8 Å². The van der Waals surface area contributed by atoms with Crippen LogP contribution >= 0.6 is 0 Å². The van der Waals surface area contributed by atoms with Crippen molar-refractivity contribution in [1.82, 2.24) is 9.80 Å². The van der Waals surface area contributed by atoms with Crippen molar-refractivity contribution in [1.29, 1.82) is 0 Å². The van der Waals surface area contributed by atoms with Crippen molar-refractivity contribution in [3.05, 3.63) is 24.2 Å². The van der Waals surface area contributed by atoms with Gasteiger partial charge in [0.05, 0.1) is 6.67 Å². The van der Waals surface area contributed by atoms with Crippen molar-refractivity contribution in [3.63, 3.8) is 0 Å². The van der Waals surface area contributed by atoms with Gasteiger partial charge in [0, 0.05) is 25.1 Å². The number of hydrogen-bond donors (Lipinski definition) is 0. The summed E-state index contributed by atoms with van der Waals surface area (Å²) in [6, 6.07) is 0. The van der Waals surface area contributed by atoms with Crippen LogP contribution in [0.25, 0.3) is 0 Å². The van der Waals surface area contributed by atoms with Crippen molar-refractivity contribution in [3.8, 4) is 0 Å². The van der Waals surface area contributed by atoms with Crippen LogP contribution in [0.15, 0.2) is 24.2 Å². The third kappa shape index (κ3) is 0.801. The minimum absolute atomic E-state index is 1.03. The van der Waals surface area contributed by atoms with E-state index in [1.165, 1.54) is 18.5 Å².